The van der Waals surface area contributed by atoms with Gasteiger partial charge in [-0.1, -0.05) is 0 Å². The molecule has 0 saturated heterocycles. The summed E-state index contributed by atoms with van der Waals surface area (Å²) in [6.45, 7) is 1.43. The maximum Gasteiger partial charge on any atom is 0.212 e. The third-order valence-corrected chi connectivity index (χ3v) is 1.96. The molecule has 0 fully saturated rings. The Bertz CT molecular complexity index is 282. The first-order valence-corrected chi connectivity index (χ1v) is 3.78. The van der Waals surface area contributed by atoms with Crippen LogP contribution in [0.4, 0.5) is 5.82 Å². The number of hydrogen-bond donors (Lipinski definition) is 1. The largest absolute Gasteiger partial charge is 0.313 e. The Kier molecular flexibility index (Phi) is 2.32. The summed E-state index contributed by atoms with van der Waals surface area (Å²) in [5.74, 6) is 0.337. The summed E-state index contributed by atoms with van der Waals surface area (Å²) >= 11 is 1.22. The van der Waals surface area contributed by atoms with Crippen LogP contribution >= 0.6 is 11.3 Å². The lowest BCUT2D eigenvalue weighted by Gasteiger charge is -1.86. The van der Waals surface area contributed by atoms with Gasteiger partial charge < -0.3 is 5.32 Å². The third kappa shape index (κ3) is 1.84. The number of aromatic nitrogens is 1. The molecule has 0 radical (unpaired) electrons. The standard InChI is InChI=1S/C6H6N2O2S/c1-4(10)6-8-5(2-11-6)7-3-9/h2-3H,1H3,(H,7,9). The van der Waals surface area contributed by atoms with E-state index in [-0.39, 0.29) is 5.78 Å². The van der Waals surface area contributed by atoms with Crippen LogP contribution in [0.5, 0.6) is 0 Å². The maximum absolute atomic E-state index is 10.7. The Morgan fingerprint density at radius 2 is 2.55 bits per heavy atom. The van der Waals surface area contributed by atoms with Crippen LogP contribution in [0, 0.1) is 0 Å². The van der Waals surface area contributed by atoms with Crippen molar-refractivity contribution in [2.75, 3.05) is 5.32 Å². The quantitative estimate of drug-likeness (QED) is 0.542. The summed E-state index contributed by atoms with van der Waals surface area (Å²) in [6, 6.07) is 0. The van der Waals surface area contributed by atoms with Crippen molar-refractivity contribution in [3.05, 3.63) is 10.4 Å². The Hall–Kier alpha value is -1.23. The molecule has 4 nitrogen and oxygen atoms in total. The molecule has 1 aromatic heterocycles. The van der Waals surface area contributed by atoms with Gasteiger partial charge >= 0.3 is 0 Å². The zero-order chi connectivity index (χ0) is 8.27. The average Bonchev–Trinajstić information content (AvgIpc) is 2.37. The number of amides is 1. The first-order valence-electron chi connectivity index (χ1n) is 2.90. The molecular formula is C6H6N2O2S. The number of nitrogens with zero attached hydrogens (tertiary/aromatic N) is 1. The molecule has 0 aliphatic carbocycles. The van der Waals surface area contributed by atoms with Crippen LogP contribution in [0.3, 0.4) is 0 Å². The van der Waals surface area contributed by atoms with E-state index in [1.54, 1.807) is 5.38 Å². The van der Waals surface area contributed by atoms with Crippen LogP contribution in [-0.2, 0) is 4.79 Å². The van der Waals surface area contributed by atoms with E-state index in [9.17, 15) is 9.59 Å². The number of carbonyl (C=O) groups is 2. The number of hydrogen-bond acceptors (Lipinski definition) is 4. The number of carbonyl (C=O) groups excluding carboxylic acids is 2. The van der Waals surface area contributed by atoms with Crippen LogP contribution in [0.15, 0.2) is 5.38 Å². The molecule has 0 atom stereocenters. The number of nitrogens with one attached hydrogen (secondary N) is 1. The second-order valence-electron chi connectivity index (χ2n) is 1.86. The normalized spacial score (nSPS) is 9.18. The minimum absolute atomic E-state index is 0.0889. The van der Waals surface area contributed by atoms with Crippen LogP contribution in [0.1, 0.15) is 16.7 Å². The van der Waals surface area contributed by atoms with Gasteiger partial charge in [0.25, 0.3) is 0 Å². The molecule has 58 valence electrons. The van der Waals surface area contributed by atoms with Crippen molar-refractivity contribution in [3.8, 4) is 0 Å². The van der Waals surface area contributed by atoms with E-state index in [4.69, 9.17) is 0 Å². The molecule has 0 aromatic carbocycles. The molecular weight excluding hydrogens is 164 g/mol. The monoisotopic (exact) mass is 170 g/mol. The highest BCUT2D eigenvalue weighted by Gasteiger charge is 2.04. The van der Waals surface area contributed by atoms with Crippen molar-refractivity contribution < 1.29 is 9.59 Å². The van der Waals surface area contributed by atoms with E-state index >= 15 is 0 Å². The van der Waals surface area contributed by atoms with Gasteiger partial charge in [0, 0.05) is 12.3 Å². The summed E-state index contributed by atoms with van der Waals surface area (Å²) in [5.41, 5.74) is 0. The Morgan fingerprint density at radius 3 is 3.00 bits per heavy atom. The minimum atomic E-state index is -0.0889. The van der Waals surface area contributed by atoms with Gasteiger partial charge in [0.05, 0.1) is 0 Å². The van der Waals surface area contributed by atoms with Crippen molar-refractivity contribution in [3.63, 3.8) is 0 Å². The number of rotatable bonds is 3. The van der Waals surface area contributed by atoms with Crippen molar-refractivity contribution >= 4 is 29.3 Å². The van der Waals surface area contributed by atoms with E-state index in [1.165, 1.54) is 18.3 Å². The molecule has 0 bridgehead atoms. The highest BCUT2D eigenvalue weighted by molar-refractivity contribution is 7.12. The zero-order valence-corrected chi connectivity index (χ0v) is 6.64. The van der Waals surface area contributed by atoms with Gasteiger partial charge in [0.2, 0.25) is 6.41 Å². The van der Waals surface area contributed by atoms with Crippen LogP contribution in [0.2, 0.25) is 0 Å². The lowest BCUT2D eigenvalue weighted by atomic mass is 10.5. The second-order valence-corrected chi connectivity index (χ2v) is 2.71. The number of thiazole rings is 1. The van der Waals surface area contributed by atoms with Gasteiger partial charge in [-0.25, -0.2) is 4.98 Å². The number of anilines is 1. The SMILES string of the molecule is CC(=O)c1nc(NC=O)cs1. The number of ketones is 1. The van der Waals surface area contributed by atoms with E-state index in [1.807, 2.05) is 0 Å². The van der Waals surface area contributed by atoms with Crippen molar-refractivity contribution in [2.45, 2.75) is 6.92 Å². The highest BCUT2D eigenvalue weighted by Crippen LogP contribution is 2.13. The molecule has 5 heteroatoms. The van der Waals surface area contributed by atoms with E-state index in [0.29, 0.717) is 17.2 Å². The van der Waals surface area contributed by atoms with Crippen molar-refractivity contribution in [2.24, 2.45) is 0 Å². The topological polar surface area (TPSA) is 59.1 Å². The Balaban J connectivity index is 2.81. The Labute approximate surface area is 67.3 Å². The van der Waals surface area contributed by atoms with Gasteiger partial charge in [0.15, 0.2) is 10.8 Å². The molecule has 0 spiro atoms. The Morgan fingerprint density at radius 1 is 1.82 bits per heavy atom. The molecule has 0 saturated carbocycles. The summed E-state index contributed by atoms with van der Waals surface area (Å²) in [7, 11) is 0. The first kappa shape index (κ1) is 7.87. The molecule has 1 N–H and O–H groups in total. The second kappa shape index (κ2) is 3.25. The van der Waals surface area contributed by atoms with Gasteiger partial charge in [-0.15, -0.1) is 11.3 Å². The molecule has 0 unspecified atom stereocenters. The van der Waals surface area contributed by atoms with Crippen LogP contribution in [-0.4, -0.2) is 17.2 Å². The zero-order valence-electron chi connectivity index (χ0n) is 5.83. The lowest BCUT2D eigenvalue weighted by Crippen LogP contribution is -1.95. The van der Waals surface area contributed by atoms with Gasteiger partial charge in [-0.3, -0.25) is 9.59 Å². The van der Waals surface area contributed by atoms with E-state index in [0.717, 1.165) is 0 Å². The van der Waals surface area contributed by atoms with Crippen molar-refractivity contribution in [1.29, 1.82) is 0 Å². The van der Waals surface area contributed by atoms with Crippen LogP contribution in [0.25, 0.3) is 0 Å². The number of Topliss-reactive ketones (excluding diaryl/α,β-unsaturated/α-hetero) is 1. The van der Waals surface area contributed by atoms with Gasteiger partial charge in [-0.2, -0.15) is 0 Å². The first-order chi connectivity index (χ1) is 5.24. The van der Waals surface area contributed by atoms with Gasteiger partial charge in [-0.05, 0) is 0 Å². The summed E-state index contributed by atoms with van der Waals surface area (Å²) in [4.78, 5) is 24.4. The highest BCUT2D eigenvalue weighted by atomic mass is 32.1. The van der Waals surface area contributed by atoms with E-state index in [2.05, 4.69) is 10.3 Å². The molecule has 1 rings (SSSR count). The molecule has 11 heavy (non-hydrogen) atoms. The molecule has 1 amide bonds. The van der Waals surface area contributed by atoms with Crippen LogP contribution < -0.4 is 5.32 Å². The summed E-state index contributed by atoms with van der Waals surface area (Å²) in [5, 5.41) is 4.38. The van der Waals surface area contributed by atoms with Gasteiger partial charge in [0.1, 0.15) is 5.82 Å². The van der Waals surface area contributed by atoms with Crippen molar-refractivity contribution in [1.82, 2.24) is 4.98 Å². The smallest absolute Gasteiger partial charge is 0.212 e. The molecule has 1 aromatic rings. The summed E-state index contributed by atoms with van der Waals surface area (Å²) < 4.78 is 0. The van der Waals surface area contributed by atoms with E-state index < -0.39 is 0 Å². The maximum atomic E-state index is 10.7. The molecule has 0 aliphatic rings. The molecule has 1 heterocycles. The summed E-state index contributed by atoms with van der Waals surface area (Å²) in [6.07, 6.45) is 0.527. The fraction of sp³-hybridized carbons (Fsp3) is 0.167. The third-order valence-electron chi connectivity index (χ3n) is 1.01. The minimum Gasteiger partial charge on any atom is -0.313 e. The molecule has 0 aliphatic heterocycles. The fourth-order valence-electron chi connectivity index (χ4n) is 0.562. The lowest BCUT2D eigenvalue weighted by molar-refractivity contribution is -0.105. The predicted molar refractivity (Wildman–Crippen MR) is 41.8 cm³/mol. The predicted octanol–water partition coefficient (Wildman–Crippen LogP) is 0.914. The fourth-order valence-corrected chi connectivity index (χ4v) is 1.22. The average molecular weight is 170 g/mol.